The second-order valence-corrected chi connectivity index (χ2v) is 7.49. The fourth-order valence-electron chi connectivity index (χ4n) is 3.09. The van der Waals surface area contributed by atoms with Crippen LogP contribution in [0.15, 0.2) is 36.4 Å². The van der Waals surface area contributed by atoms with Gasteiger partial charge in [-0.3, -0.25) is 4.79 Å². The van der Waals surface area contributed by atoms with Crippen LogP contribution in [0.3, 0.4) is 0 Å². The molecule has 2 aliphatic rings. The molecule has 0 saturated heterocycles. The van der Waals surface area contributed by atoms with Crippen molar-refractivity contribution in [3.05, 3.63) is 58.1 Å². The minimum absolute atomic E-state index is 0.144. The standard InChI is InChI=1S/C21H21ClN2O3/c1-27-21(26)13-7-10-17(16(11-13)12-5-6-12)24-18-4-2-3-15(19(18)22)20(25)23-14-8-9-14/h2-4,7,10-12,14,24H,5-6,8-9H2,1H3,(H,23,25). The predicted molar refractivity (Wildman–Crippen MR) is 105 cm³/mol. The quantitative estimate of drug-likeness (QED) is 0.712. The molecule has 2 fully saturated rings. The maximum absolute atomic E-state index is 12.4. The summed E-state index contributed by atoms with van der Waals surface area (Å²) in [5.41, 5.74) is 3.64. The summed E-state index contributed by atoms with van der Waals surface area (Å²) >= 11 is 6.51. The molecule has 0 heterocycles. The van der Waals surface area contributed by atoms with Gasteiger partial charge in [-0.2, -0.15) is 0 Å². The lowest BCUT2D eigenvalue weighted by atomic mass is 10.0. The minimum Gasteiger partial charge on any atom is -0.465 e. The molecule has 0 aliphatic heterocycles. The maximum Gasteiger partial charge on any atom is 0.337 e. The number of amides is 1. The summed E-state index contributed by atoms with van der Waals surface area (Å²) in [5.74, 6) is -0.0629. The number of hydrogen-bond donors (Lipinski definition) is 2. The number of nitrogens with one attached hydrogen (secondary N) is 2. The zero-order valence-electron chi connectivity index (χ0n) is 15.0. The normalized spacial score (nSPS) is 15.9. The van der Waals surface area contributed by atoms with Gasteiger partial charge < -0.3 is 15.4 Å². The van der Waals surface area contributed by atoms with Crippen molar-refractivity contribution in [3.63, 3.8) is 0 Å². The largest absolute Gasteiger partial charge is 0.465 e. The lowest BCUT2D eigenvalue weighted by molar-refractivity contribution is 0.0600. The van der Waals surface area contributed by atoms with Crippen LogP contribution in [0.1, 0.15) is 57.9 Å². The molecule has 1 amide bonds. The first-order valence-corrected chi connectivity index (χ1v) is 9.53. The van der Waals surface area contributed by atoms with Crippen LogP contribution >= 0.6 is 11.6 Å². The number of halogens is 1. The molecule has 2 aromatic carbocycles. The van der Waals surface area contributed by atoms with Gasteiger partial charge in [-0.25, -0.2) is 4.79 Å². The van der Waals surface area contributed by atoms with Crippen molar-refractivity contribution in [1.82, 2.24) is 5.32 Å². The van der Waals surface area contributed by atoms with Crippen LogP contribution in [-0.4, -0.2) is 25.0 Å². The van der Waals surface area contributed by atoms with Gasteiger partial charge in [0.05, 0.1) is 28.9 Å². The Bertz CT molecular complexity index is 904. The molecule has 0 atom stereocenters. The number of carbonyl (C=O) groups excluding carboxylic acids is 2. The van der Waals surface area contributed by atoms with Gasteiger partial charge in [0.1, 0.15) is 0 Å². The number of benzene rings is 2. The van der Waals surface area contributed by atoms with E-state index < -0.39 is 0 Å². The average molecular weight is 385 g/mol. The minimum atomic E-state index is -0.347. The van der Waals surface area contributed by atoms with E-state index in [2.05, 4.69) is 10.6 Å². The van der Waals surface area contributed by atoms with E-state index in [0.717, 1.165) is 36.9 Å². The highest BCUT2D eigenvalue weighted by atomic mass is 35.5. The van der Waals surface area contributed by atoms with Gasteiger partial charge in [0.25, 0.3) is 5.91 Å². The second kappa shape index (κ2) is 7.24. The van der Waals surface area contributed by atoms with Gasteiger partial charge >= 0.3 is 5.97 Å². The van der Waals surface area contributed by atoms with Gasteiger partial charge in [-0.1, -0.05) is 17.7 Å². The first-order chi connectivity index (χ1) is 13.1. The second-order valence-electron chi connectivity index (χ2n) is 7.11. The number of hydrogen-bond acceptors (Lipinski definition) is 4. The third-order valence-corrected chi connectivity index (χ3v) is 5.32. The van der Waals surface area contributed by atoms with Gasteiger partial charge in [0.15, 0.2) is 0 Å². The number of methoxy groups -OCH3 is 1. The number of esters is 1. The highest BCUT2D eigenvalue weighted by molar-refractivity contribution is 6.36. The highest BCUT2D eigenvalue weighted by Gasteiger charge is 2.28. The van der Waals surface area contributed by atoms with Crippen LogP contribution in [0.5, 0.6) is 0 Å². The molecule has 6 heteroatoms. The molecule has 0 unspecified atom stereocenters. The van der Waals surface area contributed by atoms with Crippen LogP contribution in [-0.2, 0) is 4.74 Å². The summed E-state index contributed by atoms with van der Waals surface area (Å²) in [7, 11) is 1.38. The molecule has 2 aromatic rings. The predicted octanol–water partition coefficient (Wildman–Crippen LogP) is 4.64. The Morgan fingerprint density at radius 3 is 2.52 bits per heavy atom. The lowest BCUT2D eigenvalue weighted by Gasteiger charge is -2.15. The topological polar surface area (TPSA) is 67.4 Å². The summed E-state index contributed by atoms with van der Waals surface area (Å²) in [6, 6.07) is 11.1. The van der Waals surface area contributed by atoms with E-state index in [1.165, 1.54) is 7.11 Å². The zero-order chi connectivity index (χ0) is 19.0. The Morgan fingerprint density at radius 1 is 1.07 bits per heavy atom. The van der Waals surface area contributed by atoms with Gasteiger partial charge in [0.2, 0.25) is 0 Å². The van der Waals surface area contributed by atoms with Crippen LogP contribution in [0.4, 0.5) is 11.4 Å². The maximum atomic E-state index is 12.4. The summed E-state index contributed by atoms with van der Waals surface area (Å²) < 4.78 is 4.82. The molecule has 0 spiro atoms. The SMILES string of the molecule is COC(=O)c1ccc(Nc2cccc(C(=O)NC3CC3)c2Cl)c(C2CC2)c1. The van der Waals surface area contributed by atoms with Crippen LogP contribution in [0, 0.1) is 0 Å². The summed E-state index contributed by atoms with van der Waals surface area (Å²) in [5, 5.41) is 6.71. The van der Waals surface area contributed by atoms with Crippen LogP contribution < -0.4 is 10.6 Å². The monoisotopic (exact) mass is 384 g/mol. The first-order valence-electron chi connectivity index (χ1n) is 9.15. The number of anilines is 2. The Hall–Kier alpha value is -2.53. The van der Waals surface area contributed by atoms with Gasteiger partial charge in [-0.15, -0.1) is 0 Å². The molecule has 0 radical (unpaired) electrons. The molecule has 0 aromatic heterocycles. The van der Waals surface area contributed by atoms with E-state index in [1.54, 1.807) is 12.1 Å². The number of rotatable bonds is 6. The summed E-state index contributed by atoms with van der Waals surface area (Å²) in [6.45, 7) is 0. The van der Waals surface area contributed by atoms with Crippen molar-refractivity contribution in [2.24, 2.45) is 0 Å². The Balaban J connectivity index is 1.62. The van der Waals surface area contributed by atoms with Crippen molar-refractivity contribution in [3.8, 4) is 0 Å². The van der Waals surface area contributed by atoms with Crippen molar-refractivity contribution >= 4 is 34.9 Å². The Kier molecular flexibility index (Phi) is 4.79. The summed E-state index contributed by atoms with van der Waals surface area (Å²) in [4.78, 5) is 24.2. The number of ether oxygens (including phenoxy) is 1. The molecule has 2 saturated carbocycles. The van der Waals surface area contributed by atoms with Crippen molar-refractivity contribution < 1.29 is 14.3 Å². The molecule has 2 aliphatic carbocycles. The van der Waals surface area contributed by atoms with E-state index in [9.17, 15) is 9.59 Å². The summed E-state index contributed by atoms with van der Waals surface area (Å²) in [6.07, 6.45) is 4.24. The van der Waals surface area contributed by atoms with Gasteiger partial charge in [0, 0.05) is 11.7 Å². The van der Waals surface area contributed by atoms with Crippen molar-refractivity contribution in [1.29, 1.82) is 0 Å². The molecule has 0 bridgehead atoms. The molecule has 5 nitrogen and oxygen atoms in total. The van der Waals surface area contributed by atoms with Crippen LogP contribution in [0.2, 0.25) is 5.02 Å². The molecule has 27 heavy (non-hydrogen) atoms. The highest BCUT2D eigenvalue weighted by Crippen LogP contribution is 2.45. The van der Waals surface area contributed by atoms with E-state index in [4.69, 9.17) is 16.3 Å². The van der Waals surface area contributed by atoms with E-state index in [0.29, 0.717) is 27.8 Å². The van der Waals surface area contributed by atoms with Gasteiger partial charge in [-0.05, 0) is 67.5 Å². The molecule has 140 valence electrons. The molecule has 2 N–H and O–H groups in total. The zero-order valence-corrected chi connectivity index (χ0v) is 15.8. The fourth-order valence-corrected chi connectivity index (χ4v) is 3.35. The molecular weight excluding hydrogens is 364 g/mol. The first kappa shape index (κ1) is 17.9. The van der Waals surface area contributed by atoms with Crippen LogP contribution in [0.25, 0.3) is 0 Å². The smallest absolute Gasteiger partial charge is 0.337 e. The molecule has 4 rings (SSSR count). The van der Waals surface area contributed by atoms with E-state index >= 15 is 0 Å². The third kappa shape index (κ3) is 3.93. The van der Waals surface area contributed by atoms with Crippen molar-refractivity contribution in [2.75, 3.05) is 12.4 Å². The fraction of sp³-hybridized carbons (Fsp3) is 0.333. The average Bonchev–Trinajstić information content (AvgIpc) is 3.57. The Morgan fingerprint density at radius 2 is 1.85 bits per heavy atom. The van der Waals surface area contributed by atoms with Crippen molar-refractivity contribution in [2.45, 2.75) is 37.6 Å². The third-order valence-electron chi connectivity index (χ3n) is 4.92. The van der Waals surface area contributed by atoms with E-state index in [1.807, 2.05) is 24.3 Å². The molecular formula is C21H21ClN2O3. The number of carbonyl (C=O) groups is 2. The Labute approximate surface area is 163 Å². The lowest BCUT2D eigenvalue weighted by Crippen LogP contribution is -2.25. The van der Waals surface area contributed by atoms with E-state index in [-0.39, 0.29) is 17.9 Å².